The van der Waals surface area contributed by atoms with Crippen molar-refractivity contribution in [1.29, 1.82) is 0 Å². The van der Waals surface area contributed by atoms with Crippen molar-refractivity contribution in [3.63, 3.8) is 0 Å². The maximum atomic E-state index is 13.1. The van der Waals surface area contributed by atoms with Gasteiger partial charge in [-0.05, 0) is 30.7 Å². The lowest BCUT2D eigenvalue weighted by Gasteiger charge is -2.22. The molecule has 1 N–H and O–H groups in total. The highest BCUT2D eigenvalue weighted by Crippen LogP contribution is 2.42. The van der Waals surface area contributed by atoms with E-state index in [1.54, 1.807) is 25.1 Å². The van der Waals surface area contributed by atoms with E-state index < -0.39 is 23.3 Å². The van der Waals surface area contributed by atoms with Crippen LogP contribution in [0.25, 0.3) is 11.1 Å². The molecule has 8 nitrogen and oxygen atoms in total. The number of Topliss-reactive ketones (excluding diaryl/α,β-unsaturated/α-hetero) is 1. The number of hydrogen-bond acceptors (Lipinski definition) is 8. The number of esters is 1. The molecular weight excluding hydrogens is 392 g/mol. The van der Waals surface area contributed by atoms with Crippen molar-refractivity contribution in [2.24, 2.45) is 0 Å². The highest BCUT2D eigenvalue weighted by atomic mass is 16.5. The molecule has 2 aromatic rings. The van der Waals surface area contributed by atoms with Crippen LogP contribution < -0.4 is 9.47 Å². The molecule has 0 radical (unpaired) electrons. The second kappa shape index (κ2) is 8.28. The van der Waals surface area contributed by atoms with E-state index >= 15 is 0 Å². The normalized spacial score (nSPS) is 12.7. The van der Waals surface area contributed by atoms with E-state index in [1.165, 1.54) is 21.3 Å². The van der Waals surface area contributed by atoms with Gasteiger partial charge in [-0.3, -0.25) is 9.59 Å². The van der Waals surface area contributed by atoms with Crippen molar-refractivity contribution in [2.45, 2.75) is 6.92 Å². The van der Waals surface area contributed by atoms with Crippen LogP contribution in [0.1, 0.15) is 38.0 Å². The van der Waals surface area contributed by atoms with E-state index in [1.807, 2.05) is 0 Å². The fourth-order valence-corrected chi connectivity index (χ4v) is 3.33. The zero-order valence-electron chi connectivity index (χ0n) is 16.9. The van der Waals surface area contributed by atoms with Crippen molar-refractivity contribution in [3.05, 3.63) is 52.8 Å². The molecular formula is C22H20O8. The van der Waals surface area contributed by atoms with E-state index in [9.17, 15) is 19.5 Å². The van der Waals surface area contributed by atoms with E-state index in [2.05, 4.69) is 0 Å². The molecule has 2 aromatic carbocycles. The van der Waals surface area contributed by atoms with Crippen LogP contribution in [-0.2, 0) is 9.47 Å². The van der Waals surface area contributed by atoms with Crippen LogP contribution in [0.3, 0.4) is 0 Å². The number of ether oxygens (including phenoxy) is 4. The number of phenolic OH excluding ortho intramolecular Hbond substituents is 1. The Bertz CT molecular complexity index is 1080. The van der Waals surface area contributed by atoms with Gasteiger partial charge in [-0.2, -0.15) is 0 Å². The fourth-order valence-electron chi connectivity index (χ4n) is 3.33. The van der Waals surface area contributed by atoms with E-state index in [0.717, 1.165) is 12.1 Å². The SMILES string of the molecule is CCOC(=O)c1c(O)cc2c(c1-c1ccc(OC)c(OC)c1)C(=O)C(OC)=CC2=O. The zero-order valence-corrected chi connectivity index (χ0v) is 16.9. The third-order valence-corrected chi connectivity index (χ3v) is 4.66. The Morgan fingerprint density at radius 3 is 2.27 bits per heavy atom. The van der Waals surface area contributed by atoms with Gasteiger partial charge in [-0.15, -0.1) is 0 Å². The van der Waals surface area contributed by atoms with Gasteiger partial charge < -0.3 is 24.1 Å². The minimum atomic E-state index is -0.837. The van der Waals surface area contributed by atoms with Gasteiger partial charge >= 0.3 is 5.97 Å². The molecule has 0 amide bonds. The number of allylic oxidation sites excluding steroid dienone is 2. The predicted octanol–water partition coefficient (Wildman–Crippen LogP) is 3.16. The molecule has 1 aliphatic carbocycles. The number of rotatable bonds is 6. The number of ketones is 2. The van der Waals surface area contributed by atoms with Gasteiger partial charge in [0.15, 0.2) is 23.0 Å². The summed E-state index contributed by atoms with van der Waals surface area (Å²) in [6.07, 6.45) is 1.05. The summed E-state index contributed by atoms with van der Waals surface area (Å²) in [6.45, 7) is 1.67. The molecule has 0 saturated heterocycles. The molecule has 0 aliphatic heterocycles. The highest BCUT2D eigenvalue weighted by molar-refractivity contribution is 6.27. The summed E-state index contributed by atoms with van der Waals surface area (Å²) >= 11 is 0. The zero-order chi connectivity index (χ0) is 22.0. The van der Waals surface area contributed by atoms with E-state index in [-0.39, 0.29) is 34.6 Å². The Kier molecular flexibility index (Phi) is 5.77. The summed E-state index contributed by atoms with van der Waals surface area (Å²) in [4.78, 5) is 38.3. The first-order valence-electron chi connectivity index (χ1n) is 9.02. The molecule has 156 valence electrons. The van der Waals surface area contributed by atoms with Crippen molar-refractivity contribution < 1.29 is 38.4 Å². The first kappa shape index (κ1) is 20.9. The Morgan fingerprint density at radius 2 is 1.67 bits per heavy atom. The molecule has 0 saturated carbocycles. The largest absolute Gasteiger partial charge is 0.507 e. The van der Waals surface area contributed by atoms with Gasteiger partial charge in [0.05, 0.1) is 27.9 Å². The van der Waals surface area contributed by atoms with Gasteiger partial charge in [0.25, 0.3) is 0 Å². The third kappa shape index (κ3) is 3.36. The maximum absolute atomic E-state index is 13.1. The average Bonchev–Trinajstić information content (AvgIpc) is 2.74. The smallest absolute Gasteiger partial charge is 0.342 e. The van der Waals surface area contributed by atoms with Crippen LogP contribution in [0.5, 0.6) is 17.2 Å². The molecule has 1 aliphatic rings. The lowest BCUT2D eigenvalue weighted by molar-refractivity contribution is 0.0523. The number of carbonyl (C=O) groups excluding carboxylic acids is 3. The second-order valence-corrected chi connectivity index (χ2v) is 6.26. The Balaban J connectivity index is 2.42. The van der Waals surface area contributed by atoms with Gasteiger partial charge in [0, 0.05) is 22.8 Å². The molecule has 0 heterocycles. The van der Waals surface area contributed by atoms with Crippen molar-refractivity contribution in [2.75, 3.05) is 27.9 Å². The summed E-state index contributed by atoms with van der Waals surface area (Å²) in [5.74, 6) is -1.86. The number of phenols is 1. The molecule has 0 unspecified atom stereocenters. The van der Waals surface area contributed by atoms with Crippen LogP contribution in [0, 0.1) is 0 Å². The third-order valence-electron chi connectivity index (χ3n) is 4.66. The lowest BCUT2D eigenvalue weighted by Crippen LogP contribution is -2.21. The van der Waals surface area contributed by atoms with Crippen LogP contribution in [0.4, 0.5) is 0 Å². The number of benzene rings is 2. The first-order chi connectivity index (χ1) is 14.4. The summed E-state index contributed by atoms with van der Waals surface area (Å²) in [7, 11) is 4.17. The van der Waals surface area contributed by atoms with Crippen LogP contribution in [0.15, 0.2) is 36.1 Å². The van der Waals surface area contributed by atoms with Gasteiger partial charge in [0.2, 0.25) is 5.78 Å². The topological polar surface area (TPSA) is 108 Å². The molecule has 3 rings (SSSR count). The number of fused-ring (bicyclic) bond motifs is 1. The number of carbonyl (C=O) groups is 3. The Morgan fingerprint density at radius 1 is 0.967 bits per heavy atom. The Hall–Kier alpha value is -3.81. The molecule has 0 atom stereocenters. The van der Waals surface area contributed by atoms with Gasteiger partial charge in [-0.1, -0.05) is 6.07 Å². The van der Waals surface area contributed by atoms with Crippen molar-refractivity contribution in [3.8, 4) is 28.4 Å². The molecule has 0 aromatic heterocycles. The Labute approximate surface area is 172 Å². The minimum Gasteiger partial charge on any atom is -0.507 e. The quantitative estimate of drug-likeness (QED) is 0.721. The average molecular weight is 412 g/mol. The molecule has 0 fully saturated rings. The molecule has 0 spiro atoms. The maximum Gasteiger partial charge on any atom is 0.342 e. The van der Waals surface area contributed by atoms with Crippen molar-refractivity contribution >= 4 is 17.5 Å². The van der Waals surface area contributed by atoms with Gasteiger partial charge in [-0.25, -0.2) is 4.79 Å². The minimum absolute atomic E-state index is 0.0452. The van der Waals surface area contributed by atoms with E-state index in [0.29, 0.717) is 17.1 Å². The fraction of sp³-hybridized carbons (Fsp3) is 0.227. The summed E-state index contributed by atoms with van der Waals surface area (Å²) in [5, 5.41) is 10.6. The number of methoxy groups -OCH3 is 3. The first-order valence-corrected chi connectivity index (χ1v) is 9.02. The molecule has 0 bridgehead atoms. The highest BCUT2D eigenvalue weighted by Gasteiger charge is 2.35. The summed E-state index contributed by atoms with van der Waals surface area (Å²) < 4.78 is 20.7. The standard InChI is InChI=1S/C22H20O8/c1-5-30-22(26)20-14(24)9-12-13(23)10-17(29-4)21(25)19(12)18(20)11-6-7-15(27-2)16(8-11)28-3/h6-10,24H,5H2,1-4H3. The summed E-state index contributed by atoms with van der Waals surface area (Å²) in [5.41, 5.74) is 0.0524. The lowest BCUT2D eigenvalue weighted by atomic mass is 9.83. The monoisotopic (exact) mass is 412 g/mol. The molecule has 30 heavy (non-hydrogen) atoms. The van der Waals surface area contributed by atoms with E-state index in [4.69, 9.17) is 18.9 Å². The second-order valence-electron chi connectivity index (χ2n) is 6.26. The van der Waals surface area contributed by atoms with Crippen LogP contribution >= 0.6 is 0 Å². The van der Waals surface area contributed by atoms with Gasteiger partial charge in [0.1, 0.15) is 11.3 Å². The predicted molar refractivity (Wildman–Crippen MR) is 106 cm³/mol. The number of aromatic hydroxyl groups is 1. The number of hydrogen-bond donors (Lipinski definition) is 1. The van der Waals surface area contributed by atoms with Crippen LogP contribution in [-0.4, -0.2) is 50.6 Å². The molecule has 8 heteroatoms. The van der Waals surface area contributed by atoms with Crippen LogP contribution in [0.2, 0.25) is 0 Å². The van der Waals surface area contributed by atoms with Crippen molar-refractivity contribution in [1.82, 2.24) is 0 Å². The summed E-state index contributed by atoms with van der Waals surface area (Å²) in [6, 6.07) is 5.80.